The van der Waals surface area contributed by atoms with Crippen molar-refractivity contribution in [2.45, 2.75) is 26.3 Å². The van der Waals surface area contributed by atoms with Gasteiger partial charge in [0.05, 0.1) is 13.1 Å². The maximum atomic E-state index is 12.3. The number of fused-ring (bicyclic) bond motifs is 3. The molecular formula is C17H20N3O2+. The summed E-state index contributed by atoms with van der Waals surface area (Å²) in [5, 5.41) is 0.909. The summed E-state index contributed by atoms with van der Waals surface area (Å²) in [5.41, 5.74) is 1.54. The Morgan fingerprint density at radius 1 is 1.41 bits per heavy atom. The van der Waals surface area contributed by atoms with Crippen LogP contribution in [0.1, 0.15) is 25.6 Å². The second kappa shape index (κ2) is 5.25. The lowest BCUT2D eigenvalue weighted by Crippen LogP contribution is -3.12. The number of nitrogens with one attached hydrogen (secondary N) is 2. The molecular weight excluding hydrogens is 278 g/mol. The van der Waals surface area contributed by atoms with Gasteiger partial charge in [0.1, 0.15) is 17.6 Å². The Morgan fingerprint density at radius 3 is 3.14 bits per heavy atom. The number of benzene rings is 1. The first-order chi connectivity index (χ1) is 10.7. The first kappa shape index (κ1) is 13.5. The molecule has 5 nitrogen and oxygen atoms in total. The molecule has 2 atom stereocenters. The first-order valence-electron chi connectivity index (χ1n) is 7.94. The molecule has 5 heteroatoms. The number of likely N-dealkylation sites (tertiary alicyclic amines) is 1. The van der Waals surface area contributed by atoms with Crippen molar-refractivity contribution >= 4 is 22.1 Å². The fourth-order valence-corrected chi connectivity index (χ4v) is 3.53. The smallest absolute Gasteiger partial charge is 0.294 e. The SMILES string of the molecule is C[C@@H]1CCC[NH+](Cc2nc3c(oc4ccccc43)c(=O)[nH]2)C1. The summed E-state index contributed by atoms with van der Waals surface area (Å²) in [6, 6.07) is 7.66. The molecule has 1 unspecified atom stereocenters. The van der Waals surface area contributed by atoms with Crippen LogP contribution in [0, 0.1) is 5.92 Å². The quantitative estimate of drug-likeness (QED) is 0.753. The van der Waals surface area contributed by atoms with Gasteiger partial charge in [-0.05, 0) is 25.0 Å². The molecule has 2 aromatic heterocycles. The van der Waals surface area contributed by atoms with Crippen LogP contribution in [0.3, 0.4) is 0 Å². The van der Waals surface area contributed by atoms with Crippen molar-refractivity contribution in [1.82, 2.24) is 9.97 Å². The van der Waals surface area contributed by atoms with Crippen LogP contribution in [0.15, 0.2) is 33.5 Å². The highest BCUT2D eigenvalue weighted by Gasteiger charge is 2.21. The van der Waals surface area contributed by atoms with Gasteiger partial charge in [-0.1, -0.05) is 19.1 Å². The number of rotatable bonds is 2. The first-order valence-corrected chi connectivity index (χ1v) is 7.94. The lowest BCUT2D eigenvalue weighted by molar-refractivity contribution is -0.922. The minimum Gasteiger partial charge on any atom is -0.449 e. The molecule has 114 valence electrons. The van der Waals surface area contributed by atoms with Crippen LogP contribution in [-0.2, 0) is 6.54 Å². The van der Waals surface area contributed by atoms with Crippen LogP contribution in [0.2, 0.25) is 0 Å². The van der Waals surface area contributed by atoms with Gasteiger partial charge in [-0.2, -0.15) is 0 Å². The monoisotopic (exact) mass is 298 g/mol. The van der Waals surface area contributed by atoms with Crippen molar-refractivity contribution in [1.29, 1.82) is 0 Å². The van der Waals surface area contributed by atoms with Gasteiger partial charge in [0.15, 0.2) is 5.82 Å². The molecule has 2 N–H and O–H groups in total. The zero-order valence-corrected chi connectivity index (χ0v) is 12.7. The van der Waals surface area contributed by atoms with E-state index in [1.54, 1.807) is 0 Å². The van der Waals surface area contributed by atoms with Gasteiger partial charge in [-0.3, -0.25) is 4.79 Å². The molecule has 0 saturated carbocycles. The fraction of sp³-hybridized carbons (Fsp3) is 0.412. The van der Waals surface area contributed by atoms with E-state index in [2.05, 4.69) is 16.9 Å². The van der Waals surface area contributed by atoms with Crippen LogP contribution in [0.4, 0.5) is 0 Å². The normalized spacial score (nSPS) is 22.4. The number of furan rings is 1. The third-order valence-electron chi connectivity index (χ3n) is 4.56. The number of aromatic amines is 1. The molecule has 0 amide bonds. The predicted octanol–water partition coefficient (Wildman–Crippen LogP) is 1.48. The van der Waals surface area contributed by atoms with Gasteiger partial charge in [-0.15, -0.1) is 0 Å². The topological polar surface area (TPSA) is 63.3 Å². The van der Waals surface area contributed by atoms with E-state index in [0.717, 1.165) is 36.8 Å². The van der Waals surface area contributed by atoms with E-state index in [1.165, 1.54) is 17.7 Å². The Labute approximate surface area is 127 Å². The molecule has 22 heavy (non-hydrogen) atoms. The van der Waals surface area contributed by atoms with Crippen LogP contribution in [0.25, 0.3) is 22.1 Å². The molecule has 3 heterocycles. The van der Waals surface area contributed by atoms with E-state index in [9.17, 15) is 4.79 Å². The molecule has 1 saturated heterocycles. The van der Waals surface area contributed by atoms with Gasteiger partial charge < -0.3 is 14.3 Å². The number of para-hydroxylation sites is 1. The van der Waals surface area contributed by atoms with Crippen molar-refractivity contribution in [2.75, 3.05) is 13.1 Å². The largest absolute Gasteiger partial charge is 0.449 e. The third kappa shape index (κ3) is 2.31. The molecule has 1 aliphatic rings. The Balaban J connectivity index is 1.75. The summed E-state index contributed by atoms with van der Waals surface area (Å²) >= 11 is 0. The van der Waals surface area contributed by atoms with Crippen molar-refractivity contribution in [3.05, 3.63) is 40.4 Å². The van der Waals surface area contributed by atoms with Crippen molar-refractivity contribution in [3.63, 3.8) is 0 Å². The van der Waals surface area contributed by atoms with Crippen LogP contribution >= 0.6 is 0 Å². The van der Waals surface area contributed by atoms with E-state index < -0.39 is 0 Å². The van der Waals surface area contributed by atoms with Gasteiger partial charge >= 0.3 is 0 Å². The Morgan fingerprint density at radius 2 is 2.27 bits per heavy atom. The van der Waals surface area contributed by atoms with E-state index in [-0.39, 0.29) is 5.56 Å². The third-order valence-corrected chi connectivity index (χ3v) is 4.56. The molecule has 3 aromatic rings. The van der Waals surface area contributed by atoms with E-state index >= 15 is 0 Å². The van der Waals surface area contributed by atoms with E-state index in [1.807, 2.05) is 24.3 Å². The second-order valence-corrected chi connectivity index (χ2v) is 6.42. The maximum Gasteiger partial charge on any atom is 0.294 e. The molecule has 1 fully saturated rings. The number of piperidine rings is 1. The number of hydrogen-bond donors (Lipinski definition) is 2. The average Bonchev–Trinajstić information content (AvgIpc) is 2.87. The fourth-order valence-electron chi connectivity index (χ4n) is 3.53. The van der Waals surface area contributed by atoms with Gasteiger partial charge in [0, 0.05) is 11.3 Å². The van der Waals surface area contributed by atoms with Crippen LogP contribution in [-0.4, -0.2) is 23.1 Å². The average molecular weight is 298 g/mol. The minimum atomic E-state index is -0.180. The summed E-state index contributed by atoms with van der Waals surface area (Å²) in [5.74, 6) is 1.50. The van der Waals surface area contributed by atoms with Gasteiger partial charge in [0.2, 0.25) is 5.58 Å². The molecule has 0 spiro atoms. The molecule has 0 radical (unpaired) electrons. The van der Waals surface area contributed by atoms with Gasteiger partial charge in [0.25, 0.3) is 5.56 Å². The Kier molecular flexibility index (Phi) is 3.22. The maximum absolute atomic E-state index is 12.3. The number of H-pyrrole nitrogens is 1. The molecule has 1 aromatic carbocycles. The Hall–Kier alpha value is -2.14. The number of quaternary nitrogens is 1. The number of aromatic nitrogens is 2. The lowest BCUT2D eigenvalue weighted by atomic mass is 10.0. The molecule has 0 bridgehead atoms. The van der Waals surface area contributed by atoms with Crippen LogP contribution in [0.5, 0.6) is 0 Å². The van der Waals surface area contributed by atoms with E-state index in [4.69, 9.17) is 4.42 Å². The summed E-state index contributed by atoms with van der Waals surface area (Å²) < 4.78 is 5.63. The summed E-state index contributed by atoms with van der Waals surface area (Å²) in [6.45, 7) is 5.36. The van der Waals surface area contributed by atoms with E-state index in [0.29, 0.717) is 16.7 Å². The van der Waals surface area contributed by atoms with Crippen molar-refractivity contribution in [3.8, 4) is 0 Å². The summed E-state index contributed by atoms with van der Waals surface area (Å²) in [7, 11) is 0. The van der Waals surface area contributed by atoms with Crippen LogP contribution < -0.4 is 10.5 Å². The van der Waals surface area contributed by atoms with Crippen molar-refractivity contribution in [2.24, 2.45) is 5.92 Å². The zero-order chi connectivity index (χ0) is 15.1. The van der Waals surface area contributed by atoms with Gasteiger partial charge in [-0.25, -0.2) is 4.98 Å². The minimum absolute atomic E-state index is 0.180. The molecule has 1 aliphatic heterocycles. The molecule has 0 aliphatic carbocycles. The number of hydrogen-bond acceptors (Lipinski definition) is 3. The summed E-state index contributed by atoms with van der Waals surface area (Å²) in [6.07, 6.45) is 2.55. The standard InChI is InChI=1S/C17H19N3O2/c1-11-5-4-8-20(9-11)10-14-18-15-12-6-2-3-7-13(12)22-16(15)17(21)19-14/h2-3,6-7,11H,4-5,8-10H2,1H3,(H,18,19,21)/p+1/t11-/m1/s1. The zero-order valence-electron chi connectivity index (χ0n) is 12.7. The summed E-state index contributed by atoms with van der Waals surface area (Å²) in [4.78, 5) is 21.3. The number of nitrogens with zero attached hydrogens (tertiary/aromatic N) is 1. The highest BCUT2D eigenvalue weighted by molar-refractivity contribution is 6.01. The van der Waals surface area contributed by atoms with Crippen molar-refractivity contribution < 1.29 is 9.32 Å². The highest BCUT2D eigenvalue weighted by atomic mass is 16.3. The molecule has 4 rings (SSSR count). The highest BCUT2D eigenvalue weighted by Crippen LogP contribution is 2.24. The lowest BCUT2D eigenvalue weighted by Gasteiger charge is -2.27. The Bertz CT molecular complexity index is 880. The predicted molar refractivity (Wildman–Crippen MR) is 84.9 cm³/mol. The second-order valence-electron chi connectivity index (χ2n) is 6.42.